The Kier molecular flexibility index (Phi) is 8.07. The molecule has 112 valence electrons. The molecule has 3 N–H and O–H groups in total. The molecular formula is C15H31N3O. The van der Waals surface area contributed by atoms with E-state index in [0.29, 0.717) is 6.54 Å². The van der Waals surface area contributed by atoms with Crippen molar-refractivity contribution in [2.45, 2.75) is 57.9 Å². The second kappa shape index (κ2) is 9.32. The van der Waals surface area contributed by atoms with Crippen LogP contribution in [0, 0.1) is 5.92 Å². The minimum absolute atomic E-state index is 0.0175. The molecule has 0 aliphatic heterocycles. The summed E-state index contributed by atoms with van der Waals surface area (Å²) in [6.45, 7) is 4.30. The molecule has 1 rings (SSSR count). The fourth-order valence-corrected chi connectivity index (χ4v) is 2.85. The molecule has 4 nitrogen and oxygen atoms in total. The van der Waals surface area contributed by atoms with Crippen LogP contribution in [-0.4, -0.2) is 43.5 Å². The van der Waals surface area contributed by atoms with Crippen molar-refractivity contribution in [3.05, 3.63) is 0 Å². The predicted molar refractivity (Wildman–Crippen MR) is 80.0 cm³/mol. The van der Waals surface area contributed by atoms with Gasteiger partial charge in [-0.2, -0.15) is 0 Å². The van der Waals surface area contributed by atoms with Crippen LogP contribution in [0.3, 0.4) is 0 Å². The molecule has 0 aromatic carbocycles. The van der Waals surface area contributed by atoms with Gasteiger partial charge < -0.3 is 16.0 Å². The lowest BCUT2D eigenvalue weighted by atomic mass is 9.94. The van der Waals surface area contributed by atoms with Crippen molar-refractivity contribution in [2.75, 3.05) is 26.7 Å². The number of carbonyl (C=O) groups is 1. The van der Waals surface area contributed by atoms with E-state index in [1.807, 2.05) is 6.92 Å². The number of nitrogens with one attached hydrogen (secondary N) is 1. The molecule has 1 unspecified atom stereocenters. The van der Waals surface area contributed by atoms with Crippen molar-refractivity contribution in [2.24, 2.45) is 11.7 Å². The van der Waals surface area contributed by atoms with Gasteiger partial charge in [-0.15, -0.1) is 0 Å². The Labute approximate surface area is 118 Å². The fourth-order valence-electron chi connectivity index (χ4n) is 2.85. The highest BCUT2D eigenvalue weighted by atomic mass is 16.1. The van der Waals surface area contributed by atoms with E-state index in [-0.39, 0.29) is 11.8 Å². The number of hydrogen-bond acceptors (Lipinski definition) is 3. The second-order valence-corrected chi connectivity index (χ2v) is 5.76. The zero-order valence-corrected chi connectivity index (χ0v) is 12.7. The van der Waals surface area contributed by atoms with Gasteiger partial charge in [-0.3, -0.25) is 4.79 Å². The first-order valence-corrected chi connectivity index (χ1v) is 7.87. The number of nitrogens with zero attached hydrogens (tertiary/aromatic N) is 1. The SMILES string of the molecule is CCC(CN)C(=O)NCCCN(C)C1CCCCC1. The Hall–Kier alpha value is -0.610. The maximum Gasteiger partial charge on any atom is 0.224 e. The van der Waals surface area contributed by atoms with Gasteiger partial charge in [0.15, 0.2) is 0 Å². The highest BCUT2D eigenvalue weighted by Gasteiger charge is 2.17. The normalized spacial score (nSPS) is 18.5. The minimum atomic E-state index is -0.0175. The fraction of sp³-hybridized carbons (Fsp3) is 0.933. The Bertz CT molecular complexity index is 248. The number of carbonyl (C=O) groups excluding carboxylic acids is 1. The molecule has 0 saturated heterocycles. The van der Waals surface area contributed by atoms with Crippen LogP contribution in [-0.2, 0) is 4.79 Å². The molecule has 1 aliphatic carbocycles. The lowest BCUT2D eigenvalue weighted by molar-refractivity contribution is -0.124. The largest absolute Gasteiger partial charge is 0.356 e. The van der Waals surface area contributed by atoms with Gasteiger partial charge in [0.2, 0.25) is 5.91 Å². The van der Waals surface area contributed by atoms with Crippen molar-refractivity contribution in [3.8, 4) is 0 Å². The van der Waals surface area contributed by atoms with Crippen molar-refractivity contribution >= 4 is 5.91 Å². The minimum Gasteiger partial charge on any atom is -0.356 e. The van der Waals surface area contributed by atoms with Crippen molar-refractivity contribution in [1.29, 1.82) is 0 Å². The average Bonchev–Trinajstić information content (AvgIpc) is 2.45. The molecule has 1 amide bonds. The third-order valence-electron chi connectivity index (χ3n) is 4.33. The van der Waals surface area contributed by atoms with Crippen LogP contribution in [0.4, 0.5) is 0 Å². The molecule has 0 spiro atoms. The van der Waals surface area contributed by atoms with Crippen LogP contribution >= 0.6 is 0 Å². The van der Waals surface area contributed by atoms with Gasteiger partial charge in [-0.05, 0) is 39.3 Å². The van der Waals surface area contributed by atoms with E-state index in [4.69, 9.17) is 5.73 Å². The molecule has 1 fully saturated rings. The summed E-state index contributed by atoms with van der Waals surface area (Å²) in [5.74, 6) is 0.0985. The van der Waals surface area contributed by atoms with E-state index in [0.717, 1.165) is 32.0 Å². The standard InChI is InChI=1S/C15H31N3O/c1-3-13(12-16)15(19)17-10-7-11-18(2)14-8-5-4-6-9-14/h13-14H,3-12,16H2,1-2H3,(H,17,19). The summed E-state index contributed by atoms with van der Waals surface area (Å²) in [6, 6.07) is 0.761. The van der Waals surface area contributed by atoms with Crippen LogP contribution < -0.4 is 11.1 Å². The van der Waals surface area contributed by atoms with Gasteiger partial charge in [0, 0.05) is 25.0 Å². The summed E-state index contributed by atoms with van der Waals surface area (Å²) in [5, 5.41) is 3.00. The summed E-state index contributed by atoms with van der Waals surface area (Å²) in [4.78, 5) is 14.2. The number of hydrogen-bond donors (Lipinski definition) is 2. The van der Waals surface area contributed by atoms with Gasteiger partial charge in [0.1, 0.15) is 0 Å². The van der Waals surface area contributed by atoms with Gasteiger partial charge in [-0.1, -0.05) is 26.2 Å². The van der Waals surface area contributed by atoms with Crippen molar-refractivity contribution in [3.63, 3.8) is 0 Å². The molecule has 19 heavy (non-hydrogen) atoms. The first-order chi connectivity index (χ1) is 9.19. The second-order valence-electron chi connectivity index (χ2n) is 5.76. The number of rotatable bonds is 8. The van der Waals surface area contributed by atoms with Gasteiger partial charge in [0.05, 0.1) is 0 Å². The van der Waals surface area contributed by atoms with Crippen molar-refractivity contribution < 1.29 is 4.79 Å². The van der Waals surface area contributed by atoms with Gasteiger partial charge in [0.25, 0.3) is 0 Å². The zero-order valence-electron chi connectivity index (χ0n) is 12.7. The first-order valence-electron chi connectivity index (χ1n) is 7.87. The zero-order chi connectivity index (χ0) is 14.1. The van der Waals surface area contributed by atoms with Gasteiger partial charge >= 0.3 is 0 Å². The van der Waals surface area contributed by atoms with E-state index in [9.17, 15) is 4.79 Å². The highest BCUT2D eigenvalue weighted by Crippen LogP contribution is 2.21. The van der Waals surface area contributed by atoms with Crippen LogP contribution in [0.1, 0.15) is 51.9 Å². The lowest BCUT2D eigenvalue weighted by Gasteiger charge is -2.31. The molecule has 0 aromatic rings. The third-order valence-corrected chi connectivity index (χ3v) is 4.33. The summed E-state index contributed by atoms with van der Waals surface area (Å²) in [5.41, 5.74) is 5.57. The average molecular weight is 269 g/mol. The summed E-state index contributed by atoms with van der Waals surface area (Å²) >= 11 is 0. The Morgan fingerprint density at radius 1 is 1.37 bits per heavy atom. The molecule has 1 saturated carbocycles. The molecular weight excluding hydrogens is 238 g/mol. The Morgan fingerprint density at radius 3 is 2.63 bits per heavy atom. The van der Waals surface area contributed by atoms with E-state index in [1.54, 1.807) is 0 Å². The number of amides is 1. The predicted octanol–water partition coefficient (Wildman–Crippen LogP) is 1.74. The maximum atomic E-state index is 11.7. The molecule has 0 heterocycles. The monoisotopic (exact) mass is 269 g/mol. The molecule has 4 heteroatoms. The molecule has 1 aliphatic rings. The topological polar surface area (TPSA) is 58.4 Å². The van der Waals surface area contributed by atoms with E-state index in [1.165, 1.54) is 32.1 Å². The summed E-state index contributed by atoms with van der Waals surface area (Å²) < 4.78 is 0. The van der Waals surface area contributed by atoms with E-state index in [2.05, 4.69) is 17.3 Å². The van der Waals surface area contributed by atoms with E-state index >= 15 is 0 Å². The van der Waals surface area contributed by atoms with Crippen LogP contribution in [0.15, 0.2) is 0 Å². The first kappa shape index (κ1) is 16.4. The Balaban J connectivity index is 2.11. The highest BCUT2D eigenvalue weighted by molar-refractivity contribution is 5.78. The lowest BCUT2D eigenvalue weighted by Crippen LogP contribution is -2.38. The van der Waals surface area contributed by atoms with Crippen molar-refractivity contribution in [1.82, 2.24) is 10.2 Å². The smallest absolute Gasteiger partial charge is 0.224 e. The summed E-state index contributed by atoms with van der Waals surface area (Å²) in [7, 11) is 2.21. The Morgan fingerprint density at radius 2 is 2.05 bits per heavy atom. The number of nitrogens with two attached hydrogens (primary N) is 1. The molecule has 0 aromatic heterocycles. The molecule has 0 bridgehead atoms. The molecule has 0 radical (unpaired) electrons. The van der Waals surface area contributed by atoms with Crippen LogP contribution in [0.2, 0.25) is 0 Å². The van der Waals surface area contributed by atoms with Gasteiger partial charge in [-0.25, -0.2) is 0 Å². The van der Waals surface area contributed by atoms with E-state index < -0.39 is 0 Å². The maximum absolute atomic E-state index is 11.7. The van der Waals surface area contributed by atoms with Crippen LogP contribution in [0.25, 0.3) is 0 Å². The van der Waals surface area contributed by atoms with Crippen LogP contribution in [0.5, 0.6) is 0 Å². The molecule has 1 atom stereocenters. The third kappa shape index (κ3) is 5.91. The quantitative estimate of drug-likeness (QED) is 0.660. The summed E-state index contributed by atoms with van der Waals surface area (Å²) in [6.07, 6.45) is 8.69.